The largest absolute Gasteiger partial charge is 0.296 e. The molecule has 1 fully saturated rings. The SMILES string of the molecule is Cc1cc(Cl)ccc1S(=O)(=O)N1CCN(Cc2ccccc2)CC1. The molecular weight excluding hydrogens is 344 g/mol. The van der Waals surface area contributed by atoms with E-state index in [4.69, 9.17) is 11.6 Å². The van der Waals surface area contributed by atoms with Crippen molar-refractivity contribution in [3.05, 3.63) is 64.7 Å². The van der Waals surface area contributed by atoms with Gasteiger partial charge in [-0.15, -0.1) is 0 Å². The molecule has 1 heterocycles. The highest BCUT2D eigenvalue weighted by Crippen LogP contribution is 2.24. The van der Waals surface area contributed by atoms with Crippen LogP contribution in [0.15, 0.2) is 53.4 Å². The maximum Gasteiger partial charge on any atom is 0.243 e. The van der Waals surface area contributed by atoms with E-state index in [1.807, 2.05) is 18.2 Å². The summed E-state index contributed by atoms with van der Waals surface area (Å²) in [6, 6.07) is 15.2. The zero-order valence-electron chi connectivity index (χ0n) is 13.7. The van der Waals surface area contributed by atoms with Gasteiger partial charge in [-0.25, -0.2) is 8.42 Å². The molecule has 24 heavy (non-hydrogen) atoms. The van der Waals surface area contributed by atoms with Gasteiger partial charge >= 0.3 is 0 Å². The molecule has 0 aliphatic carbocycles. The zero-order chi connectivity index (χ0) is 17.2. The lowest BCUT2D eigenvalue weighted by Gasteiger charge is -2.34. The van der Waals surface area contributed by atoms with Crippen LogP contribution in [0.3, 0.4) is 0 Å². The van der Waals surface area contributed by atoms with E-state index in [2.05, 4.69) is 17.0 Å². The average molecular weight is 365 g/mol. The molecule has 0 bridgehead atoms. The molecule has 0 saturated carbocycles. The molecule has 6 heteroatoms. The van der Waals surface area contributed by atoms with Crippen molar-refractivity contribution in [3.63, 3.8) is 0 Å². The van der Waals surface area contributed by atoms with E-state index in [1.165, 1.54) is 5.56 Å². The van der Waals surface area contributed by atoms with Gasteiger partial charge in [0.25, 0.3) is 0 Å². The van der Waals surface area contributed by atoms with Crippen LogP contribution in [0.25, 0.3) is 0 Å². The van der Waals surface area contributed by atoms with Crippen molar-refractivity contribution in [2.24, 2.45) is 0 Å². The van der Waals surface area contributed by atoms with Crippen molar-refractivity contribution >= 4 is 21.6 Å². The van der Waals surface area contributed by atoms with Crippen LogP contribution >= 0.6 is 11.6 Å². The summed E-state index contributed by atoms with van der Waals surface area (Å²) >= 11 is 5.93. The van der Waals surface area contributed by atoms with Crippen molar-refractivity contribution in [1.29, 1.82) is 0 Å². The Bertz CT molecular complexity index is 801. The number of hydrogen-bond donors (Lipinski definition) is 0. The van der Waals surface area contributed by atoms with Crippen molar-refractivity contribution in [2.45, 2.75) is 18.4 Å². The minimum absolute atomic E-state index is 0.350. The molecule has 0 amide bonds. The molecule has 0 atom stereocenters. The van der Waals surface area contributed by atoms with Gasteiger partial charge in [0.05, 0.1) is 4.90 Å². The highest BCUT2D eigenvalue weighted by Gasteiger charge is 2.29. The molecule has 0 unspecified atom stereocenters. The average Bonchev–Trinajstić information content (AvgIpc) is 2.56. The molecule has 2 aromatic carbocycles. The first-order valence-electron chi connectivity index (χ1n) is 7.99. The summed E-state index contributed by atoms with van der Waals surface area (Å²) in [5.74, 6) is 0. The Morgan fingerprint density at radius 2 is 1.67 bits per heavy atom. The summed E-state index contributed by atoms with van der Waals surface area (Å²) < 4.78 is 27.3. The van der Waals surface area contributed by atoms with Crippen LogP contribution < -0.4 is 0 Å². The lowest BCUT2D eigenvalue weighted by Crippen LogP contribution is -2.48. The number of piperazine rings is 1. The van der Waals surface area contributed by atoms with Gasteiger partial charge in [0.15, 0.2) is 0 Å². The van der Waals surface area contributed by atoms with E-state index >= 15 is 0 Å². The Morgan fingerprint density at radius 3 is 2.29 bits per heavy atom. The fourth-order valence-electron chi connectivity index (χ4n) is 3.01. The number of hydrogen-bond acceptors (Lipinski definition) is 3. The maximum atomic E-state index is 12.8. The second-order valence-electron chi connectivity index (χ2n) is 6.08. The van der Waals surface area contributed by atoms with Gasteiger partial charge in [-0.2, -0.15) is 4.31 Å². The lowest BCUT2D eigenvalue weighted by atomic mass is 10.2. The number of rotatable bonds is 4. The van der Waals surface area contributed by atoms with Crippen molar-refractivity contribution in [2.75, 3.05) is 26.2 Å². The summed E-state index contributed by atoms with van der Waals surface area (Å²) in [5.41, 5.74) is 1.94. The second kappa shape index (κ2) is 7.23. The zero-order valence-corrected chi connectivity index (χ0v) is 15.2. The summed E-state index contributed by atoms with van der Waals surface area (Å²) in [4.78, 5) is 2.64. The van der Waals surface area contributed by atoms with Crippen LogP contribution in [-0.2, 0) is 16.6 Å². The smallest absolute Gasteiger partial charge is 0.243 e. The monoisotopic (exact) mass is 364 g/mol. The van der Waals surface area contributed by atoms with Crippen LogP contribution in [0.5, 0.6) is 0 Å². The Labute approximate surface area is 148 Å². The van der Waals surface area contributed by atoms with Crippen LogP contribution in [0, 0.1) is 6.92 Å². The van der Waals surface area contributed by atoms with Crippen molar-refractivity contribution in [1.82, 2.24) is 9.21 Å². The molecule has 0 N–H and O–H groups in total. The minimum Gasteiger partial charge on any atom is -0.296 e. The van der Waals surface area contributed by atoms with Gasteiger partial charge in [-0.1, -0.05) is 41.9 Å². The number of aryl methyl sites for hydroxylation is 1. The Kier molecular flexibility index (Phi) is 5.25. The number of sulfonamides is 1. The van der Waals surface area contributed by atoms with Gasteiger partial charge in [-0.3, -0.25) is 4.90 Å². The van der Waals surface area contributed by atoms with Gasteiger partial charge < -0.3 is 0 Å². The highest BCUT2D eigenvalue weighted by atomic mass is 35.5. The van der Waals surface area contributed by atoms with Crippen LogP contribution in [0.4, 0.5) is 0 Å². The standard InChI is InChI=1S/C18H21ClN2O2S/c1-15-13-17(19)7-8-18(15)24(22,23)21-11-9-20(10-12-21)14-16-5-3-2-4-6-16/h2-8,13H,9-12,14H2,1H3. The quantitative estimate of drug-likeness (QED) is 0.836. The van der Waals surface area contributed by atoms with E-state index in [1.54, 1.807) is 29.4 Å². The van der Waals surface area contributed by atoms with E-state index in [0.717, 1.165) is 19.6 Å². The molecule has 128 valence electrons. The van der Waals surface area contributed by atoms with Crippen LogP contribution in [0.2, 0.25) is 5.02 Å². The van der Waals surface area contributed by atoms with Gasteiger partial charge in [-0.05, 0) is 36.2 Å². The van der Waals surface area contributed by atoms with Gasteiger partial charge in [0, 0.05) is 37.7 Å². The summed E-state index contributed by atoms with van der Waals surface area (Å²) in [6.07, 6.45) is 0. The summed E-state index contributed by atoms with van der Waals surface area (Å²) in [7, 11) is -3.46. The van der Waals surface area contributed by atoms with E-state index in [9.17, 15) is 8.42 Å². The molecule has 1 saturated heterocycles. The molecule has 4 nitrogen and oxygen atoms in total. The van der Waals surface area contributed by atoms with E-state index < -0.39 is 10.0 Å². The number of nitrogens with zero attached hydrogens (tertiary/aromatic N) is 2. The maximum absolute atomic E-state index is 12.8. The highest BCUT2D eigenvalue weighted by molar-refractivity contribution is 7.89. The number of benzene rings is 2. The first-order valence-corrected chi connectivity index (χ1v) is 9.81. The predicted molar refractivity (Wildman–Crippen MR) is 96.7 cm³/mol. The van der Waals surface area contributed by atoms with Crippen LogP contribution in [0.1, 0.15) is 11.1 Å². The third-order valence-corrected chi connectivity index (χ3v) is 6.63. The fraction of sp³-hybridized carbons (Fsp3) is 0.333. The fourth-order valence-corrected chi connectivity index (χ4v) is 4.87. The molecule has 1 aliphatic heterocycles. The summed E-state index contributed by atoms with van der Waals surface area (Å²) in [6.45, 7) is 5.13. The van der Waals surface area contributed by atoms with Gasteiger partial charge in [0.1, 0.15) is 0 Å². The van der Waals surface area contributed by atoms with E-state index in [0.29, 0.717) is 28.6 Å². The first-order chi connectivity index (χ1) is 11.5. The molecule has 1 aliphatic rings. The molecule has 0 spiro atoms. The molecule has 0 aromatic heterocycles. The topological polar surface area (TPSA) is 40.6 Å². The normalized spacial score (nSPS) is 17.1. The molecule has 0 radical (unpaired) electrons. The third kappa shape index (κ3) is 3.81. The van der Waals surface area contributed by atoms with Crippen molar-refractivity contribution < 1.29 is 8.42 Å². The molecule has 3 rings (SSSR count). The van der Waals surface area contributed by atoms with Crippen molar-refractivity contribution in [3.8, 4) is 0 Å². The van der Waals surface area contributed by atoms with E-state index in [-0.39, 0.29) is 0 Å². The Hall–Kier alpha value is -1.40. The molecular formula is C18H21ClN2O2S. The lowest BCUT2D eigenvalue weighted by molar-refractivity contribution is 0.181. The minimum atomic E-state index is -3.46. The Morgan fingerprint density at radius 1 is 1.00 bits per heavy atom. The van der Waals surface area contributed by atoms with Crippen LogP contribution in [-0.4, -0.2) is 43.8 Å². The first kappa shape index (κ1) is 17.4. The summed E-state index contributed by atoms with van der Waals surface area (Å²) in [5, 5.41) is 0.555. The predicted octanol–water partition coefficient (Wildman–Crippen LogP) is 3.15. The van der Waals surface area contributed by atoms with Gasteiger partial charge in [0.2, 0.25) is 10.0 Å². The Balaban J connectivity index is 1.67. The number of halogens is 1. The molecule has 2 aromatic rings. The second-order valence-corrected chi connectivity index (χ2v) is 8.42. The third-order valence-electron chi connectivity index (χ3n) is 4.34.